The summed E-state index contributed by atoms with van der Waals surface area (Å²) < 4.78 is 4.70. The van der Waals surface area contributed by atoms with E-state index in [4.69, 9.17) is 27.9 Å². The number of ether oxygens (including phenoxy) is 1. The monoisotopic (exact) mass is 196 g/mol. The van der Waals surface area contributed by atoms with Gasteiger partial charge in [-0.2, -0.15) is 0 Å². The van der Waals surface area contributed by atoms with Crippen LogP contribution in [0.4, 0.5) is 0 Å². The summed E-state index contributed by atoms with van der Waals surface area (Å²) in [7, 11) is 0. The van der Waals surface area contributed by atoms with Crippen molar-refractivity contribution in [2.45, 2.75) is 13.8 Å². The molecule has 0 heterocycles. The highest BCUT2D eigenvalue weighted by Gasteiger charge is 2.16. The summed E-state index contributed by atoms with van der Waals surface area (Å²) in [5.74, 6) is -0.816. The number of hydrogen-bond donors (Lipinski definition) is 0. The first kappa shape index (κ1) is 10.8. The number of rotatable bonds is 3. The first-order chi connectivity index (χ1) is 5.13. The molecule has 0 spiro atoms. The van der Waals surface area contributed by atoms with Gasteiger partial charge in [0.2, 0.25) is 0 Å². The molecule has 11 heavy (non-hydrogen) atoms. The Labute approximate surface area is 76.1 Å². The van der Waals surface area contributed by atoms with E-state index in [9.17, 15) is 4.79 Å². The van der Waals surface area contributed by atoms with Crippen LogP contribution in [-0.2, 0) is 9.53 Å². The van der Waals surface area contributed by atoms with Gasteiger partial charge < -0.3 is 4.74 Å². The Kier molecular flexibility index (Phi) is 5.34. The summed E-state index contributed by atoms with van der Waals surface area (Å²) in [4.78, 5) is 10.9. The number of hydrogen-bond acceptors (Lipinski definition) is 2. The largest absolute Gasteiger partial charge is 0.466 e. The molecule has 0 aromatic rings. The summed E-state index contributed by atoms with van der Waals surface area (Å²) in [5, 5.41) is 0.296. The van der Waals surface area contributed by atoms with Crippen molar-refractivity contribution < 1.29 is 9.53 Å². The fourth-order valence-electron chi connectivity index (χ4n) is 0.474. The Bertz CT molecular complexity index is 166. The SMILES string of the molecule is CCOC(=O)C(C)/C(Cl)=C/Cl. The maximum atomic E-state index is 10.9. The number of carbonyl (C=O) groups excluding carboxylic acids is 1. The molecule has 0 rings (SSSR count). The second kappa shape index (κ2) is 5.44. The zero-order valence-electron chi connectivity index (χ0n) is 6.43. The smallest absolute Gasteiger partial charge is 0.314 e. The topological polar surface area (TPSA) is 26.3 Å². The Balaban J connectivity index is 4.02. The van der Waals surface area contributed by atoms with E-state index in [0.29, 0.717) is 11.6 Å². The van der Waals surface area contributed by atoms with Crippen molar-refractivity contribution in [3.8, 4) is 0 Å². The van der Waals surface area contributed by atoms with E-state index in [2.05, 4.69) is 0 Å². The lowest BCUT2D eigenvalue weighted by atomic mass is 10.2. The van der Waals surface area contributed by atoms with Crippen LogP contribution in [0, 0.1) is 5.92 Å². The van der Waals surface area contributed by atoms with Crippen LogP contribution >= 0.6 is 23.2 Å². The van der Waals surface area contributed by atoms with Crippen molar-refractivity contribution in [1.29, 1.82) is 0 Å². The quantitative estimate of drug-likeness (QED) is 0.649. The lowest BCUT2D eigenvalue weighted by Crippen LogP contribution is -2.14. The predicted molar refractivity (Wildman–Crippen MR) is 45.6 cm³/mol. The van der Waals surface area contributed by atoms with Crippen LogP contribution in [0.1, 0.15) is 13.8 Å². The zero-order valence-corrected chi connectivity index (χ0v) is 7.95. The van der Waals surface area contributed by atoms with Gasteiger partial charge in [0.25, 0.3) is 0 Å². The number of esters is 1. The van der Waals surface area contributed by atoms with E-state index in [1.165, 1.54) is 5.54 Å². The molecule has 0 aliphatic rings. The van der Waals surface area contributed by atoms with Crippen LogP contribution in [0.15, 0.2) is 10.6 Å². The van der Waals surface area contributed by atoms with Crippen molar-refractivity contribution in [1.82, 2.24) is 0 Å². The fourth-order valence-corrected chi connectivity index (χ4v) is 0.752. The Morgan fingerprint density at radius 2 is 2.27 bits per heavy atom. The van der Waals surface area contributed by atoms with Gasteiger partial charge in [0, 0.05) is 10.6 Å². The Morgan fingerprint density at radius 1 is 1.73 bits per heavy atom. The van der Waals surface area contributed by atoms with Gasteiger partial charge in [-0.15, -0.1) is 0 Å². The van der Waals surface area contributed by atoms with E-state index in [1.807, 2.05) is 0 Å². The summed E-state index contributed by atoms with van der Waals surface area (Å²) in [6, 6.07) is 0. The average Bonchev–Trinajstić information content (AvgIpc) is 2.02. The lowest BCUT2D eigenvalue weighted by molar-refractivity contribution is -0.145. The van der Waals surface area contributed by atoms with Crippen LogP contribution in [-0.4, -0.2) is 12.6 Å². The van der Waals surface area contributed by atoms with Gasteiger partial charge in [-0.1, -0.05) is 23.2 Å². The van der Waals surface area contributed by atoms with Gasteiger partial charge in [-0.05, 0) is 13.8 Å². The predicted octanol–water partition coefficient (Wildman–Crippen LogP) is 2.50. The average molecular weight is 197 g/mol. The molecule has 1 unspecified atom stereocenters. The minimum absolute atomic E-state index is 0.296. The van der Waals surface area contributed by atoms with E-state index >= 15 is 0 Å². The van der Waals surface area contributed by atoms with Gasteiger partial charge in [0.15, 0.2) is 0 Å². The first-order valence-corrected chi connectivity index (χ1v) is 4.07. The highest BCUT2D eigenvalue weighted by Crippen LogP contribution is 2.17. The molecule has 0 aromatic carbocycles. The van der Waals surface area contributed by atoms with Crippen LogP contribution in [0.3, 0.4) is 0 Å². The molecule has 1 atom stereocenters. The van der Waals surface area contributed by atoms with E-state index in [-0.39, 0.29) is 5.97 Å². The van der Waals surface area contributed by atoms with E-state index < -0.39 is 5.92 Å². The van der Waals surface area contributed by atoms with Crippen molar-refractivity contribution >= 4 is 29.2 Å². The van der Waals surface area contributed by atoms with Crippen LogP contribution in [0.5, 0.6) is 0 Å². The molecule has 0 N–H and O–H groups in total. The third kappa shape index (κ3) is 3.63. The van der Waals surface area contributed by atoms with Crippen LogP contribution in [0.2, 0.25) is 0 Å². The Morgan fingerprint density at radius 3 is 2.64 bits per heavy atom. The van der Waals surface area contributed by atoms with Gasteiger partial charge in [-0.3, -0.25) is 4.79 Å². The molecule has 0 saturated carbocycles. The Hall–Kier alpha value is -0.210. The highest BCUT2D eigenvalue weighted by atomic mass is 35.5. The molecule has 0 saturated heterocycles. The van der Waals surface area contributed by atoms with Crippen molar-refractivity contribution in [3.63, 3.8) is 0 Å². The van der Waals surface area contributed by atoms with Crippen LogP contribution in [0.25, 0.3) is 0 Å². The molecule has 2 nitrogen and oxygen atoms in total. The number of halogens is 2. The highest BCUT2D eigenvalue weighted by molar-refractivity contribution is 6.37. The summed E-state index contributed by atoms with van der Waals surface area (Å²) in [6.07, 6.45) is 0. The molecule has 0 amide bonds. The molecular weight excluding hydrogens is 187 g/mol. The molecule has 0 aliphatic carbocycles. The summed E-state index contributed by atoms with van der Waals surface area (Å²) in [6.45, 7) is 3.73. The zero-order chi connectivity index (χ0) is 8.85. The maximum Gasteiger partial charge on any atom is 0.314 e. The van der Waals surface area contributed by atoms with Gasteiger partial charge in [-0.25, -0.2) is 0 Å². The van der Waals surface area contributed by atoms with Crippen molar-refractivity contribution in [2.75, 3.05) is 6.61 Å². The molecule has 0 radical (unpaired) electrons. The third-order valence-electron chi connectivity index (χ3n) is 1.16. The number of carbonyl (C=O) groups is 1. The summed E-state index contributed by atoms with van der Waals surface area (Å²) >= 11 is 10.9. The third-order valence-corrected chi connectivity index (χ3v) is 1.94. The fraction of sp³-hybridized carbons (Fsp3) is 0.571. The lowest BCUT2D eigenvalue weighted by Gasteiger charge is -2.07. The minimum atomic E-state index is -0.464. The van der Waals surface area contributed by atoms with Gasteiger partial charge in [0.05, 0.1) is 12.5 Å². The van der Waals surface area contributed by atoms with E-state index in [1.54, 1.807) is 13.8 Å². The molecule has 0 aromatic heterocycles. The molecule has 0 bridgehead atoms. The van der Waals surface area contributed by atoms with Gasteiger partial charge >= 0.3 is 5.97 Å². The molecular formula is C7H10Cl2O2. The first-order valence-electron chi connectivity index (χ1n) is 3.25. The summed E-state index contributed by atoms with van der Waals surface area (Å²) in [5.41, 5.74) is 1.17. The molecule has 4 heteroatoms. The standard InChI is InChI=1S/C7H10Cl2O2/c1-3-11-7(10)5(2)6(9)4-8/h4-5H,3H2,1-2H3/b6-4-. The van der Waals surface area contributed by atoms with Gasteiger partial charge in [0.1, 0.15) is 0 Å². The second-order valence-corrected chi connectivity index (χ2v) is 2.62. The van der Waals surface area contributed by atoms with E-state index in [0.717, 1.165) is 0 Å². The maximum absolute atomic E-state index is 10.9. The van der Waals surface area contributed by atoms with Crippen LogP contribution < -0.4 is 0 Å². The normalized spacial score (nSPS) is 14.4. The molecule has 0 fully saturated rings. The minimum Gasteiger partial charge on any atom is -0.466 e. The van der Waals surface area contributed by atoms with Crippen molar-refractivity contribution in [2.24, 2.45) is 5.92 Å². The second-order valence-electron chi connectivity index (χ2n) is 1.97. The molecule has 0 aliphatic heterocycles. The van der Waals surface area contributed by atoms with Crippen molar-refractivity contribution in [3.05, 3.63) is 10.6 Å². The molecule has 64 valence electrons.